The smallest absolute Gasteiger partial charge is 0.270 e. The summed E-state index contributed by atoms with van der Waals surface area (Å²) in [5.74, 6) is -3.04. The van der Waals surface area contributed by atoms with Crippen LogP contribution in [0.25, 0.3) is 0 Å². The normalized spacial score (nSPS) is 25.8. The van der Waals surface area contributed by atoms with Crippen molar-refractivity contribution in [2.75, 3.05) is 4.90 Å². The number of benzene rings is 2. The highest BCUT2D eigenvalue weighted by molar-refractivity contribution is 6.24. The van der Waals surface area contributed by atoms with Gasteiger partial charge in [0.2, 0.25) is 11.8 Å². The number of aryl methyl sites for hydroxylation is 1. The van der Waals surface area contributed by atoms with E-state index in [0.29, 0.717) is 5.69 Å². The Hall–Kier alpha value is -4.14. The van der Waals surface area contributed by atoms with E-state index in [2.05, 4.69) is 5.10 Å². The van der Waals surface area contributed by atoms with Crippen molar-refractivity contribution in [3.63, 3.8) is 0 Å². The fourth-order valence-corrected chi connectivity index (χ4v) is 4.73. The first-order chi connectivity index (χ1) is 15.4. The topological polar surface area (TPSA) is 113 Å². The number of hydrazone groups is 1. The number of Topliss-reactive ketones (excluding diaryl/α,β-unsaturated/α-hetero) is 1. The lowest BCUT2D eigenvalue weighted by atomic mass is 9.86. The van der Waals surface area contributed by atoms with E-state index in [4.69, 9.17) is 0 Å². The van der Waals surface area contributed by atoms with Gasteiger partial charge in [0, 0.05) is 23.9 Å². The number of carbonyl (C=O) groups is 3. The number of rotatable bonds is 4. The molecule has 2 aromatic rings. The van der Waals surface area contributed by atoms with E-state index >= 15 is 0 Å². The van der Waals surface area contributed by atoms with Crippen molar-refractivity contribution in [2.24, 2.45) is 16.9 Å². The van der Waals surface area contributed by atoms with Gasteiger partial charge in [-0.3, -0.25) is 29.5 Å². The number of non-ortho nitro benzene ring substituents is 1. The van der Waals surface area contributed by atoms with Gasteiger partial charge in [-0.15, -0.1) is 0 Å². The summed E-state index contributed by atoms with van der Waals surface area (Å²) in [5, 5.41) is 16.9. The number of imide groups is 1. The van der Waals surface area contributed by atoms with Crippen LogP contribution in [0.5, 0.6) is 0 Å². The van der Waals surface area contributed by atoms with Gasteiger partial charge in [-0.25, -0.2) is 4.90 Å². The number of carbonyl (C=O) groups excluding carboxylic acids is 3. The second kappa shape index (κ2) is 7.23. The molecule has 4 atom stereocenters. The molecule has 0 bridgehead atoms. The molecular formula is C23H18N4O5. The Labute approximate surface area is 182 Å². The molecule has 5 rings (SSSR count). The van der Waals surface area contributed by atoms with Crippen LogP contribution in [-0.2, 0) is 9.59 Å². The second-order valence-electron chi connectivity index (χ2n) is 8.04. The van der Waals surface area contributed by atoms with Crippen molar-refractivity contribution in [1.29, 1.82) is 0 Å². The van der Waals surface area contributed by atoms with E-state index in [0.717, 1.165) is 10.5 Å². The largest absolute Gasteiger partial charge is 0.292 e. The summed E-state index contributed by atoms with van der Waals surface area (Å²) >= 11 is 0. The minimum atomic E-state index is -1.04. The minimum absolute atomic E-state index is 0.0994. The number of hydrogen-bond donors (Lipinski definition) is 0. The van der Waals surface area contributed by atoms with Gasteiger partial charge in [0.1, 0.15) is 6.04 Å². The zero-order chi connectivity index (χ0) is 22.6. The maximum Gasteiger partial charge on any atom is 0.270 e. The quantitative estimate of drug-likeness (QED) is 0.319. The molecule has 9 heteroatoms. The Morgan fingerprint density at radius 3 is 2.50 bits per heavy atom. The molecule has 0 aliphatic carbocycles. The zero-order valence-corrected chi connectivity index (χ0v) is 17.0. The van der Waals surface area contributed by atoms with Crippen LogP contribution in [0, 0.1) is 28.9 Å². The van der Waals surface area contributed by atoms with Crippen LogP contribution in [0.4, 0.5) is 11.4 Å². The number of fused-ring (bicyclic) bond motifs is 3. The summed E-state index contributed by atoms with van der Waals surface area (Å²) in [6, 6.07) is 10.8. The molecule has 2 aromatic carbocycles. The molecule has 0 unspecified atom stereocenters. The molecule has 0 spiro atoms. The van der Waals surface area contributed by atoms with E-state index in [-0.39, 0.29) is 17.2 Å². The predicted octanol–water partition coefficient (Wildman–Crippen LogP) is 2.50. The van der Waals surface area contributed by atoms with Crippen LogP contribution in [0.15, 0.2) is 65.8 Å². The Bertz CT molecular complexity index is 1220. The van der Waals surface area contributed by atoms with Crippen molar-refractivity contribution < 1.29 is 19.3 Å². The SMILES string of the molecule is Cc1ccc(N2C(=O)[C@@H]3[C@H](C2=O)[C@@H]2C=CC=NN2[C@@H]3C(=O)c2cccc([N+](=O)[O-])c2)cc1. The molecule has 0 aromatic heterocycles. The fourth-order valence-electron chi connectivity index (χ4n) is 4.73. The lowest BCUT2D eigenvalue weighted by Gasteiger charge is -2.30. The van der Waals surface area contributed by atoms with Crippen molar-refractivity contribution in [3.8, 4) is 0 Å². The molecule has 2 saturated heterocycles. The van der Waals surface area contributed by atoms with Gasteiger partial charge in [0.05, 0.1) is 28.5 Å². The number of nitrogens with zero attached hydrogens (tertiary/aromatic N) is 4. The molecule has 3 aliphatic heterocycles. The maximum absolute atomic E-state index is 13.5. The van der Waals surface area contributed by atoms with Crippen LogP contribution in [0.2, 0.25) is 0 Å². The van der Waals surface area contributed by atoms with E-state index in [9.17, 15) is 24.5 Å². The van der Waals surface area contributed by atoms with Crippen molar-refractivity contribution in [1.82, 2.24) is 5.01 Å². The molecule has 9 nitrogen and oxygen atoms in total. The van der Waals surface area contributed by atoms with E-state index in [1.165, 1.54) is 35.5 Å². The molecule has 2 fully saturated rings. The Morgan fingerprint density at radius 2 is 1.78 bits per heavy atom. The van der Waals surface area contributed by atoms with Crippen LogP contribution < -0.4 is 4.90 Å². The van der Waals surface area contributed by atoms with Crippen molar-refractivity contribution in [3.05, 3.63) is 81.9 Å². The monoisotopic (exact) mass is 430 g/mol. The molecule has 0 N–H and O–H groups in total. The van der Waals surface area contributed by atoms with Crippen molar-refractivity contribution in [2.45, 2.75) is 19.0 Å². The Kier molecular flexibility index (Phi) is 4.47. The predicted molar refractivity (Wildman–Crippen MR) is 115 cm³/mol. The van der Waals surface area contributed by atoms with Gasteiger partial charge in [0.25, 0.3) is 5.69 Å². The fraction of sp³-hybridized carbons (Fsp3) is 0.217. The van der Waals surface area contributed by atoms with Gasteiger partial charge in [0.15, 0.2) is 5.78 Å². The lowest BCUT2D eigenvalue weighted by molar-refractivity contribution is -0.384. The lowest BCUT2D eigenvalue weighted by Crippen LogP contribution is -2.46. The zero-order valence-electron chi connectivity index (χ0n) is 17.0. The number of ketones is 1. The van der Waals surface area contributed by atoms with Crippen molar-refractivity contribution >= 4 is 35.2 Å². The van der Waals surface area contributed by atoms with Gasteiger partial charge >= 0.3 is 0 Å². The Balaban J connectivity index is 1.57. The van der Waals surface area contributed by atoms with Crippen LogP contribution in [0.3, 0.4) is 0 Å². The molecule has 32 heavy (non-hydrogen) atoms. The average Bonchev–Trinajstić information content (AvgIpc) is 3.27. The summed E-state index contributed by atoms with van der Waals surface area (Å²) in [4.78, 5) is 52.1. The highest BCUT2D eigenvalue weighted by Gasteiger charge is 2.64. The Morgan fingerprint density at radius 1 is 1.06 bits per heavy atom. The maximum atomic E-state index is 13.5. The third-order valence-electron chi connectivity index (χ3n) is 6.19. The average molecular weight is 430 g/mol. The summed E-state index contributed by atoms with van der Waals surface area (Å²) in [6.45, 7) is 1.91. The number of nitro groups is 1. The van der Waals surface area contributed by atoms with Gasteiger partial charge < -0.3 is 0 Å². The van der Waals surface area contributed by atoms with Gasteiger partial charge in [-0.2, -0.15) is 5.10 Å². The molecular weight excluding hydrogens is 412 g/mol. The number of anilines is 1. The summed E-state index contributed by atoms with van der Waals surface area (Å²) in [5.41, 5.74) is 1.32. The summed E-state index contributed by atoms with van der Waals surface area (Å²) < 4.78 is 0. The first-order valence-electron chi connectivity index (χ1n) is 10.1. The van der Waals surface area contributed by atoms with Crippen LogP contribution >= 0.6 is 0 Å². The molecule has 0 radical (unpaired) electrons. The molecule has 3 heterocycles. The number of hydrogen-bond acceptors (Lipinski definition) is 7. The minimum Gasteiger partial charge on any atom is -0.292 e. The third-order valence-corrected chi connectivity index (χ3v) is 6.19. The molecule has 3 aliphatic rings. The van der Waals surface area contributed by atoms with E-state index in [1.807, 2.05) is 19.1 Å². The molecule has 160 valence electrons. The highest BCUT2D eigenvalue weighted by atomic mass is 16.6. The van der Waals surface area contributed by atoms with Crippen LogP contribution in [0.1, 0.15) is 15.9 Å². The van der Waals surface area contributed by atoms with Gasteiger partial charge in [-0.05, 0) is 25.1 Å². The van der Waals surface area contributed by atoms with Gasteiger partial charge in [-0.1, -0.05) is 35.9 Å². The summed E-state index contributed by atoms with van der Waals surface area (Å²) in [6.07, 6.45) is 4.94. The first-order valence-corrected chi connectivity index (χ1v) is 10.1. The van der Waals surface area contributed by atoms with Crippen LogP contribution in [-0.4, -0.2) is 45.8 Å². The highest BCUT2D eigenvalue weighted by Crippen LogP contribution is 2.46. The molecule has 2 amide bonds. The van der Waals surface area contributed by atoms with E-state index in [1.54, 1.807) is 24.3 Å². The third kappa shape index (κ3) is 2.85. The first kappa shape index (κ1) is 19.8. The molecule has 0 saturated carbocycles. The standard InChI is InChI=1S/C23H18N4O5/c1-13-7-9-15(10-8-13)25-22(29)18-17-6-3-11-24-26(17)20(19(18)23(25)30)21(28)14-4-2-5-16(12-14)27(31)32/h2-12,17-20H,1H3/t17-,18+,19+,20-/m0/s1. The van der Waals surface area contributed by atoms with E-state index < -0.39 is 40.5 Å². The number of allylic oxidation sites excluding steroid dienone is 1. The number of nitro benzene ring substituents is 1. The second-order valence-corrected chi connectivity index (χ2v) is 8.04. The number of amides is 2. The summed E-state index contributed by atoms with van der Waals surface area (Å²) in [7, 11) is 0.